The molecule has 0 fully saturated rings. The zero-order valence-corrected chi connectivity index (χ0v) is 17.5. The number of anilines is 1. The minimum Gasteiger partial charge on any atom is -0.493 e. The van der Waals surface area contributed by atoms with E-state index in [2.05, 4.69) is 15.6 Å². The van der Waals surface area contributed by atoms with Crippen LogP contribution in [0.2, 0.25) is 0 Å². The number of halogens is 1. The Morgan fingerprint density at radius 3 is 2.58 bits per heavy atom. The fourth-order valence-corrected chi connectivity index (χ4v) is 1.74. The molecule has 0 aromatic heterocycles. The zero-order chi connectivity index (χ0) is 17.1. The van der Waals surface area contributed by atoms with Crippen LogP contribution in [0.15, 0.2) is 29.3 Å². The first kappa shape index (κ1) is 22.9. The molecule has 24 heavy (non-hydrogen) atoms. The molecule has 138 valence electrons. The predicted octanol–water partition coefficient (Wildman–Crippen LogP) is 3.13. The smallest absolute Gasteiger partial charge is 0.195 e. The topological polar surface area (TPSA) is 64.1 Å². The maximum Gasteiger partial charge on any atom is 0.195 e. The Morgan fingerprint density at radius 2 is 1.96 bits per heavy atom. The van der Waals surface area contributed by atoms with Crippen molar-refractivity contribution in [2.45, 2.75) is 25.9 Å². The summed E-state index contributed by atoms with van der Waals surface area (Å²) in [7, 11) is 5.12. The standard InChI is InChI=1S/C17H29N3O3.HI/c1-17(2,22-5)13-19-16(18-3)20-14-8-6-9-15(12-14)23-11-7-10-21-4;/h6,8-9,12H,7,10-11,13H2,1-5H3,(H2,18,19,20);1H. The van der Waals surface area contributed by atoms with Gasteiger partial charge in [-0.05, 0) is 26.0 Å². The molecular weight excluding hydrogens is 421 g/mol. The van der Waals surface area contributed by atoms with E-state index in [1.54, 1.807) is 21.3 Å². The van der Waals surface area contributed by atoms with Crippen LogP contribution in [-0.2, 0) is 9.47 Å². The summed E-state index contributed by atoms with van der Waals surface area (Å²) in [4.78, 5) is 4.22. The molecule has 0 saturated heterocycles. The van der Waals surface area contributed by atoms with Crippen LogP contribution < -0.4 is 15.4 Å². The second kappa shape index (κ2) is 12.3. The summed E-state index contributed by atoms with van der Waals surface area (Å²) >= 11 is 0. The van der Waals surface area contributed by atoms with E-state index < -0.39 is 0 Å². The maximum absolute atomic E-state index is 5.70. The number of hydrogen-bond donors (Lipinski definition) is 2. The third kappa shape index (κ3) is 9.29. The first-order chi connectivity index (χ1) is 11.0. The number of benzene rings is 1. The fourth-order valence-electron chi connectivity index (χ4n) is 1.74. The molecule has 0 spiro atoms. The Bertz CT molecular complexity index is 496. The van der Waals surface area contributed by atoms with Crippen molar-refractivity contribution >= 4 is 35.6 Å². The van der Waals surface area contributed by atoms with E-state index >= 15 is 0 Å². The molecule has 1 rings (SSSR count). The largest absolute Gasteiger partial charge is 0.493 e. The predicted molar refractivity (Wildman–Crippen MR) is 110 cm³/mol. The van der Waals surface area contributed by atoms with Gasteiger partial charge in [0.1, 0.15) is 5.75 Å². The maximum atomic E-state index is 5.70. The number of nitrogens with one attached hydrogen (secondary N) is 2. The molecule has 0 bridgehead atoms. The Balaban J connectivity index is 0.00000529. The first-order valence-electron chi connectivity index (χ1n) is 7.75. The fraction of sp³-hybridized carbons (Fsp3) is 0.588. The molecule has 1 aromatic rings. The van der Waals surface area contributed by atoms with Gasteiger partial charge in [-0.3, -0.25) is 4.99 Å². The first-order valence-corrected chi connectivity index (χ1v) is 7.75. The number of nitrogens with zero attached hydrogens (tertiary/aromatic N) is 1. The van der Waals surface area contributed by atoms with Gasteiger partial charge in [0.25, 0.3) is 0 Å². The number of ether oxygens (including phenoxy) is 3. The van der Waals surface area contributed by atoms with Gasteiger partial charge in [-0.2, -0.15) is 0 Å². The molecule has 0 atom stereocenters. The van der Waals surface area contributed by atoms with Crippen molar-refractivity contribution in [1.82, 2.24) is 5.32 Å². The van der Waals surface area contributed by atoms with Gasteiger partial charge in [-0.1, -0.05) is 6.07 Å². The Kier molecular flexibility index (Phi) is 11.8. The molecule has 0 unspecified atom stereocenters. The molecule has 0 aliphatic rings. The summed E-state index contributed by atoms with van der Waals surface area (Å²) in [6.45, 7) is 6.01. The van der Waals surface area contributed by atoms with E-state index in [4.69, 9.17) is 14.2 Å². The summed E-state index contributed by atoms with van der Waals surface area (Å²) in [5.74, 6) is 1.51. The van der Waals surface area contributed by atoms with E-state index in [0.29, 0.717) is 25.7 Å². The lowest BCUT2D eigenvalue weighted by Crippen LogP contribution is -2.42. The summed E-state index contributed by atoms with van der Waals surface area (Å²) in [5, 5.41) is 6.49. The van der Waals surface area contributed by atoms with Gasteiger partial charge < -0.3 is 24.8 Å². The highest BCUT2D eigenvalue weighted by molar-refractivity contribution is 14.0. The van der Waals surface area contributed by atoms with Gasteiger partial charge in [0.2, 0.25) is 0 Å². The van der Waals surface area contributed by atoms with Crippen molar-refractivity contribution < 1.29 is 14.2 Å². The SMILES string of the molecule is CN=C(NCC(C)(C)OC)Nc1cccc(OCCCOC)c1.I. The van der Waals surface area contributed by atoms with Crippen LogP contribution in [-0.4, -0.2) is 52.6 Å². The number of methoxy groups -OCH3 is 2. The quantitative estimate of drug-likeness (QED) is 0.262. The molecule has 0 aliphatic heterocycles. The highest BCUT2D eigenvalue weighted by Gasteiger charge is 2.16. The lowest BCUT2D eigenvalue weighted by atomic mass is 10.1. The minimum atomic E-state index is -0.260. The molecule has 7 heteroatoms. The highest BCUT2D eigenvalue weighted by atomic mass is 127. The van der Waals surface area contributed by atoms with Crippen LogP contribution in [0.25, 0.3) is 0 Å². The Hall–Kier alpha value is -1.06. The molecule has 0 radical (unpaired) electrons. The van der Waals surface area contributed by atoms with Gasteiger partial charge in [0, 0.05) is 52.6 Å². The summed E-state index contributed by atoms with van der Waals surface area (Å²) < 4.78 is 16.1. The van der Waals surface area contributed by atoms with Crippen LogP contribution in [0.3, 0.4) is 0 Å². The van der Waals surface area contributed by atoms with Crippen LogP contribution in [0, 0.1) is 0 Å². The van der Waals surface area contributed by atoms with E-state index in [-0.39, 0.29) is 29.6 Å². The van der Waals surface area contributed by atoms with Crippen molar-refractivity contribution in [2.75, 3.05) is 46.3 Å². The third-order valence-electron chi connectivity index (χ3n) is 3.32. The van der Waals surface area contributed by atoms with E-state index in [1.807, 2.05) is 38.1 Å². The monoisotopic (exact) mass is 451 g/mol. The molecule has 0 amide bonds. The number of guanidine groups is 1. The lowest BCUT2D eigenvalue weighted by Gasteiger charge is -2.24. The average molecular weight is 451 g/mol. The minimum absolute atomic E-state index is 0. The second-order valence-corrected chi connectivity index (χ2v) is 5.74. The van der Waals surface area contributed by atoms with Gasteiger partial charge in [0.05, 0.1) is 12.2 Å². The van der Waals surface area contributed by atoms with Gasteiger partial charge in [-0.15, -0.1) is 24.0 Å². The average Bonchev–Trinajstić information content (AvgIpc) is 2.56. The van der Waals surface area contributed by atoms with Crippen LogP contribution in [0.5, 0.6) is 5.75 Å². The van der Waals surface area contributed by atoms with Crippen LogP contribution in [0.4, 0.5) is 5.69 Å². The van der Waals surface area contributed by atoms with Crippen molar-refractivity contribution in [3.8, 4) is 5.75 Å². The molecule has 6 nitrogen and oxygen atoms in total. The van der Waals surface area contributed by atoms with E-state index in [0.717, 1.165) is 17.9 Å². The third-order valence-corrected chi connectivity index (χ3v) is 3.32. The normalized spacial score (nSPS) is 11.6. The van der Waals surface area contributed by atoms with Gasteiger partial charge in [-0.25, -0.2) is 0 Å². The molecular formula is C17H30IN3O3. The number of aliphatic imine (C=N–C) groups is 1. The van der Waals surface area contributed by atoms with E-state index in [9.17, 15) is 0 Å². The lowest BCUT2D eigenvalue weighted by molar-refractivity contribution is 0.0270. The molecule has 0 saturated carbocycles. The van der Waals surface area contributed by atoms with Gasteiger partial charge in [0.15, 0.2) is 5.96 Å². The van der Waals surface area contributed by atoms with Crippen molar-refractivity contribution in [2.24, 2.45) is 4.99 Å². The zero-order valence-electron chi connectivity index (χ0n) is 15.2. The molecule has 2 N–H and O–H groups in total. The number of rotatable bonds is 9. The van der Waals surface area contributed by atoms with Crippen LogP contribution >= 0.6 is 24.0 Å². The molecule has 0 heterocycles. The van der Waals surface area contributed by atoms with Crippen LogP contribution in [0.1, 0.15) is 20.3 Å². The summed E-state index contributed by atoms with van der Waals surface area (Å²) in [6, 6.07) is 7.79. The highest BCUT2D eigenvalue weighted by Crippen LogP contribution is 2.17. The molecule has 0 aliphatic carbocycles. The van der Waals surface area contributed by atoms with Crippen molar-refractivity contribution in [3.05, 3.63) is 24.3 Å². The second-order valence-electron chi connectivity index (χ2n) is 5.74. The Labute approximate surface area is 162 Å². The molecule has 1 aromatic carbocycles. The van der Waals surface area contributed by atoms with Gasteiger partial charge >= 0.3 is 0 Å². The Morgan fingerprint density at radius 1 is 1.21 bits per heavy atom. The van der Waals surface area contributed by atoms with Crippen molar-refractivity contribution in [1.29, 1.82) is 0 Å². The summed E-state index contributed by atoms with van der Waals surface area (Å²) in [5.41, 5.74) is 0.654. The number of hydrogen-bond acceptors (Lipinski definition) is 4. The van der Waals surface area contributed by atoms with E-state index in [1.165, 1.54) is 0 Å². The summed E-state index contributed by atoms with van der Waals surface area (Å²) in [6.07, 6.45) is 0.865. The van der Waals surface area contributed by atoms with Crippen molar-refractivity contribution in [3.63, 3.8) is 0 Å².